The second kappa shape index (κ2) is 9.52. The van der Waals surface area contributed by atoms with E-state index in [-0.39, 0.29) is 12.5 Å². The third-order valence-electron chi connectivity index (χ3n) is 2.88. The molecule has 0 heterocycles. The molecule has 0 fully saturated rings. The smallest absolute Gasteiger partial charge is 0.321 e. The van der Waals surface area contributed by atoms with Gasteiger partial charge in [-0.3, -0.25) is 15.0 Å². The van der Waals surface area contributed by atoms with Gasteiger partial charge in [-0.05, 0) is 25.1 Å². The Labute approximate surface area is 134 Å². The second-order valence-corrected chi connectivity index (χ2v) is 5.78. The van der Waals surface area contributed by atoms with Crippen LogP contribution in [0.1, 0.15) is 25.3 Å². The first-order valence-corrected chi connectivity index (χ1v) is 7.82. The fourth-order valence-electron chi connectivity index (χ4n) is 1.81. The van der Waals surface area contributed by atoms with Crippen molar-refractivity contribution < 1.29 is 9.59 Å². The molecule has 0 radical (unpaired) electrons. The normalized spacial score (nSPS) is 10.5. The predicted molar refractivity (Wildman–Crippen MR) is 86.9 cm³/mol. The van der Waals surface area contributed by atoms with Gasteiger partial charge in [0, 0.05) is 17.6 Å². The molecule has 1 aromatic rings. The number of likely N-dealkylation sites (N-methyl/N-ethyl adjacent to an activating group) is 1. The average molecular weight is 356 g/mol. The molecule has 0 spiro atoms. The quantitative estimate of drug-likeness (QED) is 0.738. The Morgan fingerprint density at radius 3 is 2.67 bits per heavy atom. The molecular formula is C15H22BrN3O2. The van der Waals surface area contributed by atoms with Crippen molar-refractivity contribution in [3.8, 4) is 0 Å². The van der Waals surface area contributed by atoms with E-state index in [1.54, 1.807) is 0 Å². The predicted octanol–water partition coefficient (Wildman–Crippen LogP) is 2.51. The number of hydrogen-bond donors (Lipinski definition) is 2. The highest BCUT2D eigenvalue weighted by atomic mass is 79.9. The summed E-state index contributed by atoms with van der Waals surface area (Å²) < 4.78 is 1.01. The van der Waals surface area contributed by atoms with E-state index in [9.17, 15) is 9.59 Å². The monoisotopic (exact) mass is 355 g/mol. The lowest BCUT2D eigenvalue weighted by atomic mass is 10.2. The Morgan fingerprint density at radius 1 is 1.29 bits per heavy atom. The van der Waals surface area contributed by atoms with Crippen LogP contribution in [-0.4, -0.2) is 37.0 Å². The van der Waals surface area contributed by atoms with Crippen LogP contribution in [0.15, 0.2) is 28.7 Å². The number of imide groups is 1. The average Bonchev–Trinajstić information content (AvgIpc) is 2.41. The minimum absolute atomic E-state index is 0.169. The second-order valence-electron chi connectivity index (χ2n) is 4.92. The Hall–Kier alpha value is -1.40. The molecule has 2 N–H and O–H groups in total. The van der Waals surface area contributed by atoms with Crippen LogP contribution in [-0.2, 0) is 11.3 Å². The summed E-state index contributed by atoms with van der Waals surface area (Å²) in [6, 6.07) is 7.43. The Morgan fingerprint density at radius 2 is 2.00 bits per heavy atom. The van der Waals surface area contributed by atoms with Crippen LogP contribution in [0.25, 0.3) is 0 Å². The van der Waals surface area contributed by atoms with Crippen molar-refractivity contribution in [2.24, 2.45) is 0 Å². The van der Waals surface area contributed by atoms with E-state index in [0.29, 0.717) is 13.1 Å². The van der Waals surface area contributed by atoms with Gasteiger partial charge in [0.05, 0.1) is 6.54 Å². The van der Waals surface area contributed by atoms with E-state index in [4.69, 9.17) is 0 Å². The van der Waals surface area contributed by atoms with Crippen molar-refractivity contribution in [3.63, 3.8) is 0 Å². The third-order valence-corrected chi connectivity index (χ3v) is 3.65. The van der Waals surface area contributed by atoms with Crippen molar-refractivity contribution in [2.45, 2.75) is 26.3 Å². The summed E-state index contributed by atoms with van der Waals surface area (Å²) in [5, 5.41) is 4.98. The maximum atomic E-state index is 11.7. The number of halogens is 1. The van der Waals surface area contributed by atoms with Crippen molar-refractivity contribution in [1.29, 1.82) is 0 Å². The molecule has 1 rings (SSSR count). The van der Waals surface area contributed by atoms with Crippen LogP contribution in [0.5, 0.6) is 0 Å². The molecule has 3 amide bonds. The molecule has 0 aliphatic rings. The number of amides is 3. The number of hydrogen-bond acceptors (Lipinski definition) is 3. The van der Waals surface area contributed by atoms with Crippen LogP contribution < -0.4 is 10.6 Å². The molecule has 1 aromatic carbocycles. The largest absolute Gasteiger partial charge is 0.338 e. The van der Waals surface area contributed by atoms with Crippen LogP contribution in [0.2, 0.25) is 0 Å². The molecular weight excluding hydrogens is 334 g/mol. The van der Waals surface area contributed by atoms with E-state index in [2.05, 4.69) is 26.6 Å². The van der Waals surface area contributed by atoms with Gasteiger partial charge in [-0.25, -0.2) is 4.79 Å². The SMILES string of the molecule is CCCCNC(=O)NC(=O)CN(C)Cc1ccccc1Br. The molecule has 116 valence electrons. The highest BCUT2D eigenvalue weighted by molar-refractivity contribution is 9.10. The summed E-state index contributed by atoms with van der Waals surface area (Å²) in [5.41, 5.74) is 1.10. The lowest BCUT2D eigenvalue weighted by molar-refractivity contribution is -0.120. The molecule has 0 bridgehead atoms. The van der Waals surface area contributed by atoms with Gasteiger partial charge in [-0.1, -0.05) is 47.5 Å². The first-order valence-electron chi connectivity index (χ1n) is 7.02. The zero-order valence-corrected chi connectivity index (χ0v) is 14.1. The summed E-state index contributed by atoms with van der Waals surface area (Å²) in [4.78, 5) is 25.1. The summed E-state index contributed by atoms with van der Waals surface area (Å²) in [6.07, 6.45) is 1.91. The van der Waals surface area contributed by atoms with Gasteiger partial charge in [-0.2, -0.15) is 0 Å². The van der Waals surface area contributed by atoms with Gasteiger partial charge < -0.3 is 5.32 Å². The molecule has 0 aliphatic heterocycles. The number of urea groups is 1. The number of unbranched alkanes of at least 4 members (excludes halogenated alkanes) is 1. The maximum Gasteiger partial charge on any atom is 0.321 e. The molecule has 5 nitrogen and oxygen atoms in total. The van der Waals surface area contributed by atoms with Gasteiger partial charge >= 0.3 is 6.03 Å². The van der Waals surface area contributed by atoms with Gasteiger partial charge in [0.1, 0.15) is 0 Å². The third kappa shape index (κ3) is 7.24. The number of nitrogens with zero attached hydrogens (tertiary/aromatic N) is 1. The van der Waals surface area contributed by atoms with Gasteiger partial charge in [0.25, 0.3) is 0 Å². The fourth-order valence-corrected chi connectivity index (χ4v) is 2.22. The summed E-state index contributed by atoms with van der Waals surface area (Å²) in [5.74, 6) is -0.307. The number of nitrogens with one attached hydrogen (secondary N) is 2. The fraction of sp³-hybridized carbons (Fsp3) is 0.467. The maximum absolute atomic E-state index is 11.7. The van der Waals surface area contributed by atoms with Crippen LogP contribution in [0, 0.1) is 0 Å². The van der Waals surface area contributed by atoms with Crippen molar-refractivity contribution in [3.05, 3.63) is 34.3 Å². The number of carbonyl (C=O) groups excluding carboxylic acids is 2. The molecule has 0 unspecified atom stereocenters. The first kappa shape index (κ1) is 17.7. The number of carbonyl (C=O) groups is 2. The lowest BCUT2D eigenvalue weighted by Crippen LogP contribution is -2.43. The number of benzene rings is 1. The van der Waals surface area contributed by atoms with Crippen LogP contribution >= 0.6 is 15.9 Å². The summed E-state index contributed by atoms with van der Waals surface area (Å²) >= 11 is 3.48. The summed E-state index contributed by atoms with van der Waals surface area (Å²) in [6.45, 7) is 3.43. The van der Waals surface area contributed by atoms with Gasteiger partial charge in [0.15, 0.2) is 0 Å². The summed E-state index contributed by atoms with van der Waals surface area (Å²) in [7, 11) is 1.84. The standard InChI is InChI=1S/C15H22BrN3O2/c1-3-4-9-17-15(21)18-14(20)11-19(2)10-12-7-5-6-8-13(12)16/h5-8H,3-4,9-11H2,1-2H3,(H2,17,18,20,21). The molecule has 0 aliphatic carbocycles. The Kier molecular flexibility index (Phi) is 8.00. The number of rotatable bonds is 7. The van der Waals surface area contributed by atoms with Crippen molar-refractivity contribution in [2.75, 3.05) is 20.1 Å². The molecule has 6 heteroatoms. The van der Waals surface area contributed by atoms with Crippen LogP contribution in [0.3, 0.4) is 0 Å². The molecule has 0 aromatic heterocycles. The van der Waals surface area contributed by atoms with E-state index >= 15 is 0 Å². The highest BCUT2D eigenvalue weighted by Gasteiger charge is 2.11. The molecule has 0 saturated carbocycles. The van der Waals surface area contributed by atoms with E-state index in [1.165, 1.54) is 0 Å². The van der Waals surface area contributed by atoms with Gasteiger partial charge in [-0.15, -0.1) is 0 Å². The first-order chi connectivity index (χ1) is 10.0. The van der Waals surface area contributed by atoms with E-state index < -0.39 is 6.03 Å². The van der Waals surface area contributed by atoms with Crippen molar-refractivity contribution >= 4 is 27.9 Å². The van der Waals surface area contributed by atoms with E-state index in [0.717, 1.165) is 22.9 Å². The van der Waals surface area contributed by atoms with Crippen LogP contribution in [0.4, 0.5) is 4.79 Å². The zero-order chi connectivity index (χ0) is 15.7. The minimum atomic E-state index is -0.428. The molecule has 21 heavy (non-hydrogen) atoms. The topological polar surface area (TPSA) is 61.4 Å². The Bertz CT molecular complexity index is 480. The zero-order valence-electron chi connectivity index (χ0n) is 12.5. The molecule has 0 saturated heterocycles. The van der Waals surface area contributed by atoms with Crippen molar-refractivity contribution in [1.82, 2.24) is 15.5 Å². The Balaban J connectivity index is 2.34. The van der Waals surface area contributed by atoms with E-state index in [1.807, 2.05) is 43.1 Å². The molecule has 0 atom stereocenters. The minimum Gasteiger partial charge on any atom is -0.338 e. The lowest BCUT2D eigenvalue weighted by Gasteiger charge is -2.17. The van der Waals surface area contributed by atoms with Gasteiger partial charge in [0.2, 0.25) is 5.91 Å². The highest BCUT2D eigenvalue weighted by Crippen LogP contribution is 2.16.